The summed E-state index contributed by atoms with van der Waals surface area (Å²) >= 11 is 6.17. The first kappa shape index (κ1) is 19.3. The molecule has 2 aromatic rings. The van der Waals surface area contributed by atoms with Crippen LogP contribution in [0.4, 0.5) is 5.82 Å². The van der Waals surface area contributed by atoms with Crippen LogP contribution in [0.2, 0.25) is 5.02 Å². The summed E-state index contributed by atoms with van der Waals surface area (Å²) < 4.78 is 1.44. The number of aromatic nitrogens is 2. The number of nitrogens with one attached hydrogen (secondary N) is 2. The third kappa shape index (κ3) is 4.81. The number of anilines is 1. The summed E-state index contributed by atoms with van der Waals surface area (Å²) in [5, 5.41) is 3.92. The predicted molar refractivity (Wildman–Crippen MR) is 110 cm³/mol. The number of likely N-dealkylation sites (tertiary alicyclic amines) is 1. The van der Waals surface area contributed by atoms with Crippen molar-refractivity contribution >= 4 is 23.6 Å². The van der Waals surface area contributed by atoms with Crippen molar-refractivity contribution in [3.8, 4) is 0 Å². The van der Waals surface area contributed by atoms with E-state index in [0.717, 1.165) is 31.5 Å². The molecule has 27 heavy (non-hydrogen) atoms. The molecule has 0 unspecified atom stereocenters. The van der Waals surface area contributed by atoms with Gasteiger partial charge in [0.05, 0.1) is 12.8 Å². The van der Waals surface area contributed by atoms with Crippen LogP contribution < -0.4 is 16.7 Å². The van der Waals surface area contributed by atoms with Crippen LogP contribution in [-0.2, 0) is 6.54 Å². The first-order chi connectivity index (χ1) is 12.9. The second-order valence-electron chi connectivity index (χ2n) is 6.83. The van der Waals surface area contributed by atoms with Crippen molar-refractivity contribution in [2.24, 2.45) is 4.99 Å². The van der Waals surface area contributed by atoms with Crippen LogP contribution in [0.5, 0.6) is 0 Å². The Kier molecular flexibility index (Phi) is 6.03. The summed E-state index contributed by atoms with van der Waals surface area (Å²) in [7, 11) is 2.12. The highest BCUT2D eigenvalue weighted by Crippen LogP contribution is 2.17. The molecule has 0 saturated carbocycles. The fourth-order valence-corrected chi connectivity index (χ4v) is 3.32. The number of nitrogen functional groups attached to an aromatic ring is 1. The van der Waals surface area contributed by atoms with Gasteiger partial charge in [-0.3, -0.25) is 4.57 Å². The van der Waals surface area contributed by atoms with Crippen LogP contribution in [0.1, 0.15) is 24.1 Å². The van der Waals surface area contributed by atoms with Crippen LogP contribution in [0.15, 0.2) is 46.5 Å². The highest BCUT2D eigenvalue weighted by Gasteiger charge is 2.16. The molecule has 0 amide bonds. The van der Waals surface area contributed by atoms with Crippen molar-refractivity contribution in [3.05, 3.63) is 63.4 Å². The molecule has 0 aliphatic carbocycles. The maximum absolute atomic E-state index is 12.2. The van der Waals surface area contributed by atoms with E-state index in [1.807, 2.05) is 18.2 Å². The van der Waals surface area contributed by atoms with E-state index >= 15 is 0 Å². The molecule has 1 aromatic carbocycles. The summed E-state index contributed by atoms with van der Waals surface area (Å²) in [6, 6.07) is 7.73. The summed E-state index contributed by atoms with van der Waals surface area (Å²) in [5.74, 6) is 0.874. The second-order valence-corrected chi connectivity index (χ2v) is 7.24. The molecule has 1 aromatic heterocycles. The SMILES string of the molecule is C=C(/N=C\c1[nH]c(=O)n(Cc2ccccc2Cl)c1N)NC1CCN(C)CC1. The molecule has 8 heteroatoms. The Hall–Kier alpha value is -2.51. The number of aliphatic imine (C=N–C) groups is 1. The van der Waals surface area contributed by atoms with Gasteiger partial charge in [0, 0.05) is 11.1 Å². The number of halogens is 1. The number of H-pyrrole nitrogens is 1. The maximum Gasteiger partial charge on any atom is 0.327 e. The van der Waals surface area contributed by atoms with E-state index in [2.05, 4.69) is 33.8 Å². The Labute approximate surface area is 163 Å². The number of imidazole rings is 1. The Morgan fingerprint density at radius 3 is 2.85 bits per heavy atom. The number of nitrogens with zero attached hydrogens (tertiary/aromatic N) is 3. The van der Waals surface area contributed by atoms with Crippen molar-refractivity contribution < 1.29 is 0 Å². The largest absolute Gasteiger partial charge is 0.383 e. The lowest BCUT2D eigenvalue weighted by Crippen LogP contribution is -2.40. The van der Waals surface area contributed by atoms with Crippen LogP contribution in [0.3, 0.4) is 0 Å². The lowest BCUT2D eigenvalue weighted by molar-refractivity contribution is 0.241. The van der Waals surface area contributed by atoms with Gasteiger partial charge in [0.2, 0.25) is 0 Å². The van der Waals surface area contributed by atoms with E-state index in [1.54, 1.807) is 6.07 Å². The zero-order chi connectivity index (χ0) is 19.4. The highest BCUT2D eigenvalue weighted by molar-refractivity contribution is 6.31. The summed E-state index contributed by atoms with van der Waals surface area (Å²) in [4.78, 5) is 21.6. The third-order valence-corrected chi connectivity index (χ3v) is 5.15. The molecular formula is C19H25ClN6O. The van der Waals surface area contributed by atoms with Gasteiger partial charge < -0.3 is 20.9 Å². The molecule has 2 heterocycles. The Morgan fingerprint density at radius 2 is 2.15 bits per heavy atom. The van der Waals surface area contributed by atoms with Crippen LogP contribution in [0.25, 0.3) is 0 Å². The van der Waals surface area contributed by atoms with E-state index in [1.165, 1.54) is 10.8 Å². The van der Waals surface area contributed by atoms with Crippen LogP contribution in [-0.4, -0.2) is 46.8 Å². The molecule has 0 bridgehead atoms. The Bertz CT molecular complexity index is 892. The quantitative estimate of drug-likeness (QED) is 0.660. The van der Waals surface area contributed by atoms with Crippen LogP contribution >= 0.6 is 11.6 Å². The van der Waals surface area contributed by atoms with Gasteiger partial charge in [0.25, 0.3) is 0 Å². The molecule has 144 valence electrons. The monoisotopic (exact) mass is 388 g/mol. The molecule has 1 aliphatic rings. The zero-order valence-electron chi connectivity index (χ0n) is 15.4. The molecule has 1 saturated heterocycles. The number of rotatable bonds is 6. The molecule has 1 fully saturated rings. The Balaban J connectivity index is 1.67. The number of hydrogen-bond donors (Lipinski definition) is 3. The fraction of sp³-hybridized carbons (Fsp3) is 0.368. The standard InChI is InChI=1S/C19H25ClN6O/c1-13(23-15-7-9-25(2)10-8-15)22-11-17-18(21)26(19(27)24-17)12-14-5-3-4-6-16(14)20/h3-6,11,15,23H,1,7-10,12,21H2,2H3,(H,24,27)/b22-11-. The van der Waals surface area contributed by atoms with E-state index in [-0.39, 0.29) is 5.69 Å². The second kappa shape index (κ2) is 8.45. The summed E-state index contributed by atoms with van der Waals surface area (Å²) in [5.41, 5.74) is 7.11. The fourth-order valence-electron chi connectivity index (χ4n) is 3.12. The summed E-state index contributed by atoms with van der Waals surface area (Å²) in [6.45, 7) is 6.35. The summed E-state index contributed by atoms with van der Waals surface area (Å²) in [6.07, 6.45) is 3.64. The maximum atomic E-state index is 12.2. The van der Waals surface area contributed by atoms with Gasteiger partial charge in [-0.15, -0.1) is 0 Å². The minimum absolute atomic E-state index is 0.295. The van der Waals surface area contributed by atoms with Gasteiger partial charge >= 0.3 is 5.69 Å². The van der Waals surface area contributed by atoms with E-state index in [0.29, 0.717) is 34.9 Å². The van der Waals surface area contributed by atoms with E-state index in [9.17, 15) is 4.79 Å². The molecule has 4 N–H and O–H groups in total. The van der Waals surface area contributed by atoms with Crippen molar-refractivity contribution in [1.82, 2.24) is 19.8 Å². The van der Waals surface area contributed by atoms with Gasteiger partial charge in [0.15, 0.2) is 0 Å². The number of benzene rings is 1. The smallest absolute Gasteiger partial charge is 0.327 e. The molecule has 0 spiro atoms. The molecule has 0 atom stereocenters. The topological polar surface area (TPSA) is 91.4 Å². The van der Waals surface area contributed by atoms with Gasteiger partial charge in [-0.05, 0) is 44.6 Å². The molecule has 1 aliphatic heterocycles. The predicted octanol–water partition coefficient (Wildman–Crippen LogP) is 2.03. The lowest BCUT2D eigenvalue weighted by atomic mass is 10.1. The van der Waals surface area contributed by atoms with Crippen LogP contribution in [0, 0.1) is 0 Å². The van der Waals surface area contributed by atoms with Crippen molar-refractivity contribution in [2.45, 2.75) is 25.4 Å². The van der Waals surface area contributed by atoms with Crippen molar-refractivity contribution in [3.63, 3.8) is 0 Å². The first-order valence-electron chi connectivity index (χ1n) is 8.94. The molecule has 3 rings (SSSR count). The molecule has 0 radical (unpaired) electrons. The third-order valence-electron chi connectivity index (χ3n) is 4.78. The minimum atomic E-state index is -0.303. The Morgan fingerprint density at radius 1 is 1.44 bits per heavy atom. The van der Waals surface area contributed by atoms with Gasteiger partial charge in [-0.1, -0.05) is 36.4 Å². The van der Waals surface area contributed by atoms with Gasteiger partial charge in [0.1, 0.15) is 17.3 Å². The normalized spacial score (nSPS) is 16.1. The van der Waals surface area contributed by atoms with E-state index in [4.69, 9.17) is 17.3 Å². The first-order valence-corrected chi connectivity index (χ1v) is 9.31. The lowest BCUT2D eigenvalue weighted by Gasteiger charge is -2.29. The average Bonchev–Trinajstić information content (AvgIpc) is 2.91. The van der Waals surface area contributed by atoms with Crippen molar-refractivity contribution in [2.75, 3.05) is 25.9 Å². The molecule has 7 nitrogen and oxygen atoms in total. The minimum Gasteiger partial charge on any atom is -0.383 e. The van der Waals surface area contributed by atoms with Gasteiger partial charge in [-0.25, -0.2) is 9.79 Å². The number of hydrogen-bond acceptors (Lipinski definition) is 5. The number of piperidine rings is 1. The number of nitrogens with two attached hydrogens (primary N) is 1. The van der Waals surface area contributed by atoms with Gasteiger partial charge in [-0.2, -0.15) is 0 Å². The highest BCUT2D eigenvalue weighted by atomic mass is 35.5. The number of aromatic amines is 1. The van der Waals surface area contributed by atoms with E-state index < -0.39 is 0 Å². The average molecular weight is 389 g/mol. The van der Waals surface area contributed by atoms with Crippen molar-refractivity contribution in [1.29, 1.82) is 0 Å². The molecular weight excluding hydrogens is 364 g/mol. The zero-order valence-corrected chi connectivity index (χ0v) is 16.2.